The second-order valence-corrected chi connectivity index (χ2v) is 8.28. The van der Waals surface area contributed by atoms with Crippen molar-refractivity contribution in [1.29, 1.82) is 0 Å². The molecule has 0 aliphatic heterocycles. The zero-order valence-electron chi connectivity index (χ0n) is 15.8. The van der Waals surface area contributed by atoms with Crippen LogP contribution < -0.4 is 0 Å². The molecule has 0 spiro atoms. The van der Waals surface area contributed by atoms with Crippen LogP contribution in [0.1, 0.15) is 48.6 Å². The van der Waals surface area contributed by atoms with Crippen LogP contribution in [-0.4, -0.2) is 55.7 Å². The normalized spacial score (nSPS) is 10.8. The molecular formula is C20H17Br2NO8. The molecule has 0 bridgehead atoms. The topological polar surface area (TPSA) is 152 Å². The maximum Gasteiger partial charge on any atom is 0.336 e. The second-order valence-electron chi connectivity index (χ2n) is 6.57. The van der Waals surface area contributed by atoms with Gasteiger partial charge in [0, 0.05) is 28.6 Å². The summed E-state index contributed by atoms with van der Waals surface area (Å²) in [6.45, 7) is 0.489. The molecule has 31 heavy (non-hydrogen) atoms. The fourth-order valence-corrected chi connectivity index (χ4v) is 4.32. The zero-order valence-corrected chi connectivity index (χ0v) is 19.0. The first-order chi connectivity index (χ1) is 14.5. The third-order valence-corrected chi connectivity index (χ3v) is 5.78. The number of carboxylic acid groups (broad SMARTS) is 4. The minimum Gasteiger partial charge on any atom is -0.481 e. The summed E-state index contributed by atoms with van der Waals surface area (Å²) in [5.74, 6) is -4.86. The number of aromatic carboxylic acids is 3. The van der Waals surface area contributed by atoms with Crippen LogP contribution in [0.3, 0.4) is 0 Å². The van der Waals surface area contributed by atoms with Gasteiger partial charge in [0.1, 0.15) is 0 Å². The van der Waals surface area contributed by atoms with Gasteiger partial charge >= 0.3 is 23.9 Å². The maximum absolute atomic E-state index is 11.4. The quantitative estimate of drug-likeness (QED) is 0.341. The molecule has 2 aromatic carbocycles. The molecule has 0 aromatic heterocycles. The highest BCUT2D eigenvalue weighted by molar-refractivity contribution is 9.11. The van der Waals surface area contributed by atoms with E-state index in [1.54, 1.807) is 4.90 Å². The molecule has 0 fully saturated rings. The van der Waals surface area contributed by atoms with Crippen LogP contribution in [0.4, 0.5) is 0 Å². The van der Waals surface area contributed by atoms with Crippen LogP contribution in [0.25, 0.3) is 0 Å². The van der Waals surface area contributed by atoms with Gasteiger partial charge in [-0.15, -0.1) is 0 Å². The van der Waals surface area contributed by atoms with Gasteiger partial charge in [-0.25, -0.2) is 14.4 Å². The summed E-state index contributed by atoms with van der Waals surface area (Å²) in [7, 11) is 0. The average Bonchev–Trinajstić information content (AvgIpc) is 2.67. The van der Waals surface area contributed by atoms with Crippen LogP contribution in [0.5, 0.6) is 0 Å². The number of rotatable bonds is 10. The van der Waals surface area contributed by atoms with E-state index in [4.69, 9.17) is 10.2 Å². The summed E-state index contributed by atoms with van der Waals surface area (Å²) < 4.78 is 1.01. The van der Waals surface area contributed by atoms with Crippen molar-refractivity contribution >= 4 is 55.7 Å². The first-order valence-electron chi connectivity index (χ1n) is 8.74. The number of carboxylic acids is 4. The Morgan fingerprint density at radius 1 is 0.774 bits per heavy atom. The molecule has 2 rings (SSSR count). The number of aliphatic carboxylic acids is 1. The van der Waals surface area contributed by atoms with Crippen molar-refractivity contribution < 1.29 is 39.6 Å². The Kier molecular flexibility index (Phi) is 8.31. The third kappa shape index (κ3) is 6.61. The summed E-state index contributed by atoms with van der Waals surface area (Å²) in [5, 5.41) is 36.7. The summed E-state index contributed by atoms with van der Waals surface area (Å²) in [6, 6.07) is 6.78. The fraction of sp³-hybridized carbons (Fsp3) is 0.200. The predicted octanol–water partition coefficient (Wildman–Crippen LogP) is 3.78. The van der Waals surface area contributed by atoms with Crippen LogP contribution in [0, 0.1) is 0 Å². The van der Waals surface area contributed by atoms with Gasteiger partial charge in [0.05, 0.1) is 23.1 Å². The number of nitrogens with zero attached hydrogens (tertiary/aromatic N) is 1. The summed E-state index contributed by atoms with van der Waals surface area (Å²) in [5.41, 5.74) is 0.521. The number of halogens is 2. The Balaban J connectivity index is 2.37. The highest BCUT2D eigenvalue weighted by atomic mass is 79.9. The van der Waals surface area contributed by atoms with Gasteiger partial charge in [-0.2, -0.15) is 0 Å². The number of hydrogen-bond acceptors (Lipinski definition) is 5. The molecule has 0 saturated carbocycles. The predicted molar refractivity (Wildman–Crippen MR) is 116 cm³/mol. The van der Waals surface area contributed by atoms with E-state index >= 15 is 0 Å². The second kappa shape index (κ2) is 10.5. The van der Waals surface area contributed by atoms with Crippen LogP contribution >= 0.6 is 31.9 Å². The molecule has 164 valence electrons. The van der Waals surface area contributed by atoms with Crippen LogP contribution in [0.2, 0.25) is 0 Å². The van der Waals surface area contributed by atoms with Gasteiger partial charge in [-0.05, 0) is 35.4 Å². The zero-order chi connectivity index (χ0) is 23.3. The lowest BCUT2D eigenvalue weighted by molar-refractivity contribution is -0.137. The van der Waals surface area contributed by atoms with E-state index < -0.39 is 23.9 Å². The monoisotopic (exact) mass is 557 g/mol. The Morgan fingerprint density at radius 3 is 1.84 bits per heavy atom. The minimum absolute atomic E-state index is 0.0648. The van der Waals surface area contributed by atoms with Crippen molar-refractivity contribution in [3.63, 3.8) is 0 Å². The number of benzene rings is 2. The van der Waals surface area contributed by atoms with Crippen molar-refractivity contribution in [3.05, 3.63) is 67.1 Å². The van der Waals surface area contributed by atoms with E-state index in [2.05, 4.69) is 31.9 Å². The Morgan fingerprint density at radius 2 is 1.35 bits per heavy atom. The average molecular weight is 559 g/mol. The van der Waals surface area contributed by atoms with Crippen molar-refractivity contribution in [2.45, 2.75) is 19.5 Å². The lowest BCUT2D eigenvalue weighted by Crippen LogP contribution is -2.26. The smallest absolute Gasteiger partial charge is 0.336 e. The molecule has 0 saturated heterocycles. The largest absolute Gasteiger partial charge is 0.481 e. The van der Waals surface area contributed by atoms with E-state index in [0.717, 1.165) is 0 Å². The van der Waals surface area contributed by atoms with Crippen molar-refractivity contribution in [3.8, 4) is 0 Å². The Bertz CT molecular complexity index is 1030. The summed E-state index contributed by atoms with van der Waals surface area (Å²) in [4.78, 5) is 46.7. The van der Waals surface area contributed by atoms with Crippen molar-refractivity contribution in [1.82, 2.24) is 4.90 Å². The molecule has 0 aliphatic rings. The maximum atomic E-state index is 11.4. The van der Waals surface area contributed by atoms with E-state index in [1.807, 2.05) is 0 Å². The fourth-order valence-electron chi connectivity index (χ4n) is 2.88. The number of carbonyl (C=O) groups is 4. The van der Waals surface area contributed by atoms with Crippen LogP contribution in [0.15, 0.2) is 39.3 Å². The highest BCUT2D eigenvalue weighted by Gasteiger charge is 2.19. The van der Waals surface area contributed by atoms with E-state index in [1.165, 1.54) is 30.3 Å². The van der Waals surface area contributed by atoms with Gasteiger partial charge in [-0.3, -0.25) is 9.69 Å². The number of hydrogen-bond donors (Lipinski definition) is 4. The molecule has 11 heteroatoms. The van der Waals surface area contributed by atoms with Gasteiger partial charge in [-0.1, -0.05) is 37.9 Å². The first kappa shape index (κ1) is 24.5. The molecule has 9 nitrogen and oxygen atoms in total. The molecule has 0 atom stereocenters. The van der Waals surface area contributed by atoms with Gasteiger partial charge in [0.25, 0.3) is 0 Å². The molecule has 2 aromatic rings. The minimum atomic E-state index is -1.38. The van der Waals surface area contributed by atoms with E-state index in [9.17, 15) is 29.4 Å². The SMILES string of the molecule is O=C(O)CCN(Cc1ccc(C(=O)O)c(C(=O)O)c1)Cc1c(Br)cc(C(=O)O)cc1Br. The molecule has 0 heterocycles. The lowest BCUT2D eigenvalue weighted by atomic mass is 10.0. The molecule has 0 unspecified atom stereocenters. The van der Waals surface area contributed by atoms with Crippen molar-refractivity contribution in [2.24, 2.45) is 0 Å². The third-order valence-electron chi connectivity index (χ3n) is 4.36. The summed E-state index contributed by atoms with van der Waals surface area (Å²) in [6.07, 6.45) is -0.179. The van der Waals surface area contributed by atoms with Crippen molar-refractivity contribution in [2.75, 3.05) is 6.54 Å². The van der Waals surface area contributed by atoms with E-state index in [0.29, 0.717) is 20.1 Å². The molecular weight excluding hydrogens is 542 g/mol. The standard InChI is InChI=1S/C20H17Br2NO8/c21-15-6-11(18(26)27)7-16(22)14(15)9-23(4-3-17(24)25)8-10-1-2-12(19(28)29)13(5-10)20(30)31/h1-2,5-7H,3-4,8-9H2,(H,24,25)(H,26,27)(H,28,29)(H,30,31). The molecule has 0 aliphatic carbocycles. The highest BCUT2D eigenvalue weighted by Crippen LogP contribution is 2.29. The molecule has 0 amide bonds. The van der Waals surface area contributed by atoms with Gasteiger partial charge in [0.2, 0.25) is 0 Å². The lowest BCUT2D eigenvalue weighted by Gasteiger charge is -2.24. The summed E-state index contributed by atoms with van der Waals surface area (Å²) >= 11 is 6.67. The Labute approximate surface area is 193 Å². The van der Waals surface area contributed by atoms with Crippen LogP contribution in [-0.2, 0) is 17.9 Å². The first-order valence-corrected chi connectivity index (χ1v) is 10.3. The van der Waals surface area contributed by atoms with Gasteiger partial charge < -0.3 is 20.4 Å². The molecule has 0 radical (unpaired) electrons. The van der Waals surface area contributed by atoms with E-state index in [-0.39, 0.29) is 42.7 Å². The van der Waals surface area contributed by atoms with Gasteiger partial charge in [0.15, 0.2) is 0 Å². The molecule has 4 N–H and O–H groups in total. The Hall–Kier alpha value is -2.76.